The number of anilines is 1. The topological polar surface area (TPSA) is 177 Å². The second-order valence-corrected chi connectivity index (χ2v) is 16.3. The molecule has 3 aromatic carbocycles. The lowest BCUT2D eigenvalue weighted by atomic mass is 9.89. The van der Waals surface area contributed by atoms with Gasteiger partial charge in [-0.05, 0) is 98.9 Å². The van der Waals surface area contributed by atoms with Crippen LogP contribution in [0, 0.1) is 11.8 Å². The summed E-state index contributed by atoms with van der Waals surface area (Å²) >= 11 is 0. The van der Waals surface area contributed by atoms with Crippen LogP contribution in [-0.4, -0.2) is 75.3 Å². The van der Waals surface area contributed by atoms with Crippen LogP contribution >= 0.6 is 0 Å². The number of aromatic nitrogens is 1. The van der Waals surface area contributed by atoms with E-state index in [0.717, 1.165) is 22.9 Å². The van der Waals surface area contributed by atoms with Gasteiger partial charge in [0.05, 0.1) is 23.7 Å². The van der Waals surface area contributed by atoms with Gasteiger partial charge >= 0.3 is 18.2 Å². The summed E-state index contributed by atoms with van der Waals surface area (Å²) in [7, 11) is 0. The number of benzene rings is 3. The largest absolute Gasteiger partial charge is 0.491 e. The second-order valence-electron chi connectivity index (χ2n) is 16.3. The molecule has 2 amide bonds. The van der Waals surface area contributed by atoms with Crippen LogP contribution in [0.25, 0.3) is 10.8 Å². The predicted octanol–water partition coefficient (Wildman–Crippen LogP) is 8.01. The van der Waals surface area contributed by atoms with Crippen molar-refractivity contribution in [2.75, 3.05) is 18.5 Å². The fourth-order valence-corrected chi connectivity index (χ4v) is 7.03. The van der Waals surface area contributed by atoms with Gasteiger partial charge in [0.25, 0.3) is 0 Å². The van der Waals surface area contributed by atoms with E-state index in [4.69, 9.17) is 14.2 Å². The summed E-state index contributed by atoms with van der Waals surface area (Å²) in [5.41, 5.74) is 0.347. The summed E-state index contributed by atoms with van der Waals surface area (Å²) < 4.78 is 55.2. The molecule has 1 saturated carbocycles. The third-order valence-corrected chi connectivity index (χ3v) is 10.2. The maximum Gasteiger partial charge on any atom is 0.416 e. The Morgan fingerprint density at radius 1 is 0.952 bits per heavy atom. The number of fused-ring (bicyclic) bond motifs is 1. The minimum absolute atomic E-state index is 0.0246. The number of halogens is 3. The normalized spacial score (nSPS) is 19.0. The molecular weight excluding hydrogens is 808 g/mol. The quantitative estimate of drug-likeness (QED) is 0.0374. The van der Waals surface area contributed by atoms with Gasteiger partial charge in [-0.25, -0.2) is 4.79 Å². The van der Waals surface area contributed by atoms with Gasteiger partial charge in [-0.2, -0.15) is 13.2 Å². The van der Waals surface area contributed by atoms with Crippen molar-refractivity contribution >= 4 is 34.4 Å². The summed E-state index contributed by atoms with van der Waals surface area (Å²) in [4.78, 5) is 42.8. The van der Waals surface area contributed by atoms with Crippen LogP contribution in [-0.2, 0) is 31.8 Å². The molecule has 6 atom stereocenters. The van der Waals surface area contributed by atoms with Crippen molar-refractivity contribution < 1.29 is 57.1 Å². The summed E-state index contributed by atoms with van der Waals surface area (Å²) in [6.45, 7) is 4.94. The van der Waals surface area contributed by atoms with Crippen LogP contribution in [0.15, 0.2) is 109 Å². The average Bonchev–Trinajstić information content (AvgIpc) is 3.49. The molecule has 1 unspecified atom stereocenters. The highest BCUT2D eigenvalue weighted by molar-refractivity contribution is 5.98. The summed E-state index contributed by atoms with van der Waals surface area (Å²) in [5.74, 6) is -2.33. The molecule has 5 rings (SSSR count). The van der Waals surface area contributed by atoms with E-state index < -0.39 is 53.6 Å². The Bertz CT molecular complexity index is 2170. The van der Waals surface area contributed by atoms with Crippen LogP contribution in [0.2, 0.25) is 0 Å². The second kappa shape index (κ2) is 21.8. The first kappa shape index (κ1) is 47.3. The molecule has 332 valence electrons. The van der Waals surface area contributed by atoms with Gasteiger partial charge in [-0.3, -0.25) is 14.6 Å². The van der Waals surface area contributed by atoms with Crippen molar-refractivity contribution in [2.24, 2.45) is 11.8 Å². The first-order chi connectivity index (χ1) is 29.4. The standard InChI is InChI=1S/C47H54F3N3O9/c1-46(2,3)62-45(59)52-27-40(44(58)53-35-18-17-33-26-51-22-21-32(33)23-35)31-15-13-30(14-16-31)28-61-43(57)12-7-5-4-6-11-38-39(42(56)25-41(38)55)20-19-36(54)29-60-37-10-8-9-34(24-37)47(48,49)50/h4,6,8-10,13-24,26,36,38-42,54-56H,5,7,11-12,25,27-29H2,1-3H3,(H,52,59)(H,53,58)/b6-4?,20-19+/t36-,38-,39-,40?,41+,42-/m1/s1. The van der Waals surface area contributed by atoms with Gasteiger partial charge in [-0.1, -0.05) is 60.7 Å². The van der Waals surface area contributed by atoms with E-state index in [1.54, 1.807) is 69.6 Å². The maximum atomic E-state index is 13.6. The zero-order valence-corrected chi connectivity index (χ0v) is 34.9. The van der Waals surface area contributed by atoms with E-state index in [0.29, 0.717) is 36.1 Å². The van der Waals surface area contributed by atoms with Gasteiger partial charge in [0, 0.05) is 48.8 Å². The number of alkyl carbamates (subject to hydrolysis) is 1. The monoisotopic (exact) mass is 861 g/mol. The molecule has 0 bridgehead atoms. The number of unbranched alkanes of at least 4 members (excludes halogenated alkanes) is 1. The van der Waals surface area contributed by atoms with E-state index in [2.05, 4.69) is 15.6 Å². The van der Waals surface area contributed by atoms with Gasteiger partial charge < -0.3 is 40.2 Å². The number of carbonyl (C=O) groups excluding carboxylic acids is 3. The van der Waals surface area contributed by atoms with Crippen LogP contribution in [0.1, 0.15) is 75.5 Å². The lowest BCUT2D eigenvalue weighted by Crippen LogP contribution is -2.37. The number of amides is 2. The molecule has 15 heteroatoms. The molecular formula is C47H54F3N3O9. The summed E-state index contributed by atoms with van der Waals surface area (Å²) in [6, 6.07) is 18.7. The third-order valence-electron chi connectivity index (χ3n) is 10.2. The minimum Gasteiger partial charge on any atom is -0.491 e. The molecule has 1 fully saturated rings. The molecule has 4 aromatic rings. The van der Waals surface area contributed by atoms with Gasteiger partial charge in [0.2, 0.25) is 5.91 Å². The number of carbonyl (C=O) groups is 3. The number of aliphatic hydroxyl groups is 3. The van der Waals surface area contributed by atoms with Crippen LogP contribution < -0.4 is 15.4 Å². The number of aliphatic hydroxyl groups excluding tert-OH is 3. The zero-order chi connectivity index (χ0) is 44.9. The van der Waals surface area contributed by atoms with Crippen molar-refractivity contribution in [3.63, 3.8) is 0 Å². The Balaban J connectivity index is 1.06. The summed E-state index contributed by atoms with van der Waals surface area (Å²) in [5, 5.41) is 39.0. The SMILES string of the molecule is CC(C)(C)OC(=O)NCC(C(=O)Nc1ccc2cnccc2c1)c1ccc(COC(=O)CCCC=CC[C@@H]2[C@@H](/C=C/[C@@H](O)COc3cccc(C(F)(F)F)c3)[C@H](O)C[C@@H]2O)cc1. The number of esters is 1. The van der Waals surface area contributed by atoms with Gasteiger partial charge in [-0.15, -0.1) is 0 Å². The molecule has 0 radical (unpaired) electrons. The first-order valence-electron chi connectivity index (χ1n) is 20.5. The van der Waals surface area contributed by atoms with Crippen molar-refractivity contribution in [3.05, 3.63) is 126 Å². The fraction of sp³-hybridized carbons (Fsp3) is 0.404. The van der Waals surface area contributed by atoms with E-state index in [1.165, 1.54) is 18.2 Å². The van der Waals surface area contributed by atoms with Gasteiger partial charge in [0.15, 0.2) is 0 Å². The predicted molar refractivity (Wildman–Crippen MR) is 227 cm³/mol. The molecule has 12 nitrogen and oxygen atoms in total. The van der Waals surface area contributed by atoms with E-state index >= 15 is 0 Å². The number of rotatable bonds is 18. The minimum atomic E-state index is -4.52. The van der Waals surface area contributed by atoms with Crippen LogP contribution in [0.3, 0.4) is 0 Å². The van der Waals surface area contributed by atoms with E-state index in [9.17, 15) is 42.9 Å². The highest BCUT2D eigenvalue weighted by Crippen LogP contribution is 2.37. The Kier molecular flexibility index (Phi) is 16.7. The number of allylic oxidation sites excluding steroid dienone is 2. The summed E-state index contributed by atoms with van der Waals surface area (Å²) in [6.07, 6.45) is 4.08. The Morgan fingerprint density at radius 3 is 2.47 bits per heavy atom. The van der Waals surface area contributed by atoms with Crippen molar-refractivity contribution in [3.8, 4) is 5.75 Å². The molecule has 1 aromatic heterocycles. The number of nitrogens with one attached hydrogen (secondary N) is 2. The van der Waals surface area contributed by atoms with Crippen LogP contribution in [0.4, 0.5) is 23.7 Å². The molecule has 1 aliphatic carbocycles. The molecule has 0 spiro atoms. The Labute approximate surface area is 358 Å². The number of hydrogen-bond donors (Lipinski definition) is 5. The molecule has 5 N–H and O–H groups in total. The molecule has 0 aliphatic heterocycles. The number of alkyl halides is 3. The molecule has 1 heterocycles. The first-order valence-corrected chi connectivity index (χ1v) is 20.5. The van der Waals surface area contributed by atoms with Crippen LogP contribution in [0.5, 0.6) is 5.75 Å². The third kappa shape index (κ3) is 14.7. The van der Waals surface area contributed by atoms with E-state index in [1.807, 2.05) is 30.4 Å². The molecule has 0 saturated heterocycles. The lowest BCUT2D eigenvalue weighted by molar-refractivity contribution is -0.145. The van der Waals surface area contributed by atoms with Crippen molar-refractivity contribution in [1.82, 2.24) is 10.3 Å². The lowest BCUT2D eigenvalue weighted by Gasteiger charge is -2.22. The smallest absolute Gasteiger partial charge is 0.416 e. The maximum absolute atomic E-state index is 13.6. The number of pyridine rings is 1. The Morgan fingerprint density at radius 2 is 1.73 bits per heavy atom. The average molecular weight is 862 g/mol. The highest BCUT2D eigenvalue weighted by Gasteiger charge is 2.39. The number of nitrogens with zero attached hydrogens (tertiary/aromatic N) is 1. The number of ether oxygens (including phenoxy) is 3. The highest BCUT2D eigenvalue weighted by atomic mass is 19.4. The zero-order valence-electron chi connectivity index (χ0n) is 34.9. The Hall–Kier alpha value is -5.77. The number of hydrogen-bond acceptors (Lipinski definition) is 10. The van der Waals surface area contributed by atoms with Crippen molar-refractivity contribution in [2.45, 2.75) is 95.5 Å². The van der Waals surface area contributed by atoms with Crippen molar-refractivity contribution in [1.29, 1.82) is 0 Å². The van der Waals surface area contributed by atoms with E-state index in [-0.39, 0.29) is 56.1 Å². The van der Waals surface area contributed by atoms with Gasteiger partial charge in [0.1, 0.15) is 30.7 Å². The molecule has 62 heavy (non-hydrogen) atoms. The molecule has 1 aliphatic rings. The fourth-order valence-electron chi connectivity index (χ4n) is 7.03.